The van der Waals surface area contributed by atoms with E-state index < -0.39 is 5.97 Å². The highest BCUT2D eigenvalue weighted by molar-refractivity contribution is 6.02. The Labute approximate surface area is 156 Å². The molecule has 3 rings (SSSR count). The molecule has 1 N–H and O–H groups in total. The summed E-state index contributed by atoms with van der Waals surface area (Å²) in [5.41, 5.74) is 4.07. The lowest BCUT2D eigenvalue weighted by Crippen LogP contribution is -2.18. The summed E-state index contributed by atoms with van der Waals surface area (Å²) in [4.78, 5) is 23.9. The van der Waals surface area contributed by atoms with Gasteiger partial charge in [0.2, 0.25) is 0 Å². The summed E-state index contributed by atoms with van der Waals surface area (Å²) in [5.74, 6) is -0.306. The van der Waals surface area contributed by atoms with Crippen molar-refractivity contribution in [3.05, 3.63) is 77.4 Å². The molecule has 0 bridgehead atoms. The zero-order valence-electron chi connectivity index (χ0n) is 14.9. The van der Waals surface area contributed by atoms with Crippen molar-refractivity contribution in [3.63, 3.8) is 0 Å². The zero-order valence-corrected chi connectivity index (χ0v) is 14.9. The minimum Gasteiger partial charge on any atom is -0.496 e. The summed E-state index contributed by atoms with van der Waals surface area (Å²) in [6, 6.07) is 18.0. The van der Waals surface area contributed by atoms with Crippen LogP contribution in [0, 0.1) is 0 Å². The molecular weight excluding hydrogens is 344 g/mol. The maximum absolute atomic E-state index is 12.5. The van der Waals surface area contributed by atoms with Crippen LogP contribution in [0.2, 0.25) is 0 Å². The van der Waals surface area contributed by atoms with E-state index in [1.807, 2.05) is 30.3 Å². The number of hydrazone groups is 1. The highest BCUT2D eigenvalue weighted by Crippen LogP contribution is 2.25. The maximum atomic E-state index is 12.5. The van der Waals surface area contributed by atoms with Crippen molar-refractivity contribution in [3.8, 4) is 5.75 Å². The number of fused-ring (bicyclic) bond motifs is 1. The second-order valence-corrected chi connectivity index (χ2v) is 5.71. The molecule has 0 spiro atoms. The van der Waals surface area contributed by atoms with Crippen LogP contribution in [0.15, 0.2) is 65.8 Å². The number of hydrogen-bond acceptors (Lipinski definition) is 5. The van der Waals surface area contributed by atoms with E-state index >= 15 is 0 Å². The molecule has 6 heteroatoms. The van der Waals surface area contributed by atoms with Crippen molar-refractivity contribution in [2.75, 3.05) is 14.2 Å². The summed E-state index contributed by atoms with van der Waals surface area (Å²) < 4.78 is 9.98. The molecular formula is C21H18N2O4. The molecule has 1 amide bonds. The number of ether oxygens (including phenoxy) is 2. The maximum Gasteiger partial charge on any atom is 0.337 e. The van der Waals surface area contributed by atoms with Crippen LogP contribution in [0.3, 0.4) is 0 Å². The Kier molecular flexibility index (Phi) is 5.47. The van der Waals surface area contributed by atoms with Gasteiger partial charge in [-0.05, 0) is 40.6 Å². The highest BCUT2D eigenvalue weighted by atomic mass is 16.5. The first-order valence-electron chi connectivity index (χ1n) is 8.21. The first-order valence-corrected chi connectivity index (χ1v) is 8.21. The van der Waals surface area contributed by atoms with Crippen LogP contribution in [0.25, 0.3) is 10.8 Å². The Morgan fingerprint density at radius 1 is 0.963 bits per heavy atom. The van der Waals surface area contributed by atoms with Gasteiger partial charge in [0.05, 0.1) is 31.6 Å². The average molecular weight is 362 g/mol. The van der Waals surface area contributed by atoms with Gasteiger partial charge >= 0.3 is 5.97 Å². The molecule has 3 aromatic rings. The Morgan fingerprint density at radius 3 is 2.26 bits per heavy atom. The van der Waals surface area contributed by atoms with E-state index in [2.05, 4.69) is 15.3 Å². The van der Waals surface area contributed by atoms with E-state index in [9.17, 15) is 9.59 Å². The molecule has 0 aliphatic rings. The lowest BCUT2D eigenvalue weighted by molar-refractivity contribution is 0.0600. The molecule has 0 aliphatic carbocycles. The Bertz CT molecular complexity index is 1010. The van der Waals surface area contributed by atoms with Crippen molar-refractivity contribution in [2.24, 2.45) is 5.10 Å². The van der Waals surface area contributed by atoms with E-state index in [-0.39, 0.29) is 5.91 Å². The summed E-state index contributed by atoms with van der Waals surface area (Å²) in [6.45, 7) is 0. The van der Waals surface area contributed by atoms with Crippen molar-refractivity contribution < 1.29 is 19.1 Å². The van der Waals surface area contributed by atoms with Gasteiger partial charge in [-0.2, -0.15) is 5.10 Å². The first kappa shape index (κ1) is 18.1. The van der Waals surface area contributed by atoms with E-state index in [4.69, 9.17) is 4.74 Å². The standard InChI is InChI=1S/C21H18N2O4/c1-26-19-12-17-6-4-3-5-16(17)11-18(19)20(24)23-22-13-14-7-9-15(10-8-14)21(25)27-2/h3-13H,1-2H3,(H,23,24)/b22-13+. The SMILES string of the molecule is COC(=O)c1ccc(/C=N/NC(=O)c2cc3ccccc3cc2OC)cc1. The number of carbonyl (C=O) groups excluding carboxylic acids is 2. The smallest absolute Gasteiger partial charge is 0.337 e. The number of amides is 1. The predicted octanol–water partition coefficient (Wildman–Crippen LogP) is 3.40. The second kappa shape index (κ2) is 8.14. The molecule has 136 valence electrons. The van der Waals surface area contributed by atoms with Crippen molar-refractivity contribution in [2.45, 2.75) is 0 Å². The van der Waals surface area contributed by atoms with Gasteiger partial charge in [0.15, 0.2) is 0 Å². The van der Waals surface area contributed by atoms with E-state index in [1.165, 1.54) is 20.4 Å². The quantitative estimate of drug-likeness (QED) is 0.429. The number of nitrogens with one attached hydrogen (secondary N) is 1. The van der Waals surface area contributed by atoms with Gasteiger partial charge in [-0.3, -0.25) is 4.79 Å². The molecule has 0 saturated heterocycles. The third-order valence-corrected chi connectivity index (χ3v) is 4.02. The number of nitrogens with zero attached hydrogens (tertiary/aromatic N) is 1. The second-order valence-electron chi connectivity index (χ2n) is 5.71. The van der Waals surface area contributed by atoms with Gasteiger partial charge in [-0.15, -0.1) is 0 Å². The normalized spacial score (nSPS) is 10.7. The number of carbonyl (C=O) groups is 2. The number of benzene rings is 3. The van der Waals surface area contributed by atoms with Gasteiger partial charge in [0.25, 0.3) is 5.91 Å². The highest BCUT2D eigenvalue weighted by Gasteiger charge is 2.13. The molecule has 0 heterocycles. The molecule has 0 saturated carbocycles. The fourth-order valence-electron chi connectivity index (χ4n) is 2.61. The summed E-state index contributed by atoms with van der Waals surface area (Å²) in [7, 11) is 2.85. The molecule has 0 aliphatic heterocycles. The van der Waals surface area contributed by atoms with Crippen LogP contribution in [-0.4, -0.2) is 32.3 Å². The number of rotatable bonds is 5. The number of esters is 1. The molecule has 3 aromatic carbocycles. The minimum atomic E-state index is -0.407. The molecule has 0 aromatic heterocycles. The van der Waals surface area contributed by atoms with Crippen LogP contribution >= 0.6 is 0 Å². The minimum absolute atomic E-state index is 0.375. The van der Waals surface area contributed by atoms with Gasteiger partial charge in [-0.25, -0.2) is 10.2 Å². The Balaban J connectivity index is 1.74. The molecule has 0 fully saturated rings. The number of hydrogen-bond donors (Lipinski definition) is 1. The Morgan fingerprint density at radius 2 is 1.63 bits per heavy atom. The predicted molar refractivity (Wildman–Crippen MR) is 103 cm³/mol. The lowest BCUT2D eigenvalue weighted by Gasteiger charge is -2.09. The average Bonchev–Trinajstić information content (AvgIpc) is 2.72. The zero-order chi connectivity index (χ0) is 19.2. The summed E-state index contributed by atoms with van der Waals surface area (Å²) in [5, 5.41) is 5.89. The fraction of sp³-hybridized carbons (Fsp3) is 0.0952. The van der Waals surface area contributed by atoms with Gasteiger partial charge in [-0.1, -0.05) is 36.4 Å². The summed E-state index contributed by atoms with van der Waals surface area (Å²) in [6.07, 6.45) is 1.49. The van der Waals surface area contributed by atoms with Crippen LogP contribution in [0.1, 0.15) is 26.3 Å². The van der Waals surface area contributed by atoms with Crippen LogP contribution < -0.4 is 10.2 Å². The van der Waals surface area contributed by atoms with Gasteiger partial charge in [0.1, 0.15) is 5.75 Å². The van der Waals surface area contributed by atoms with E-state index in [0.717, 1.165) is 16.3 Å². The molecule has 27 heavy (non-hydrogen) atoms. The lowest BCUT2D eigenvalue weighted by atomic mass is 10.1. The third-order valence-electron chi connectivity index (χ3n) is 4.02. The first-order chi connectivity index (χ1) is 13.1. The van der Waals surface area contributed by atoms with Gasteiger partial charge < -0.3 is 9.47 Å². The van der Waals surface area contributed by atoms with Crippen LogP contribution in [0.5, 0.6) is 5.75 Å². The molecule has 6 nitrogen and oxygen atoms in total. The molecule has 0 unspecified atom stereocenters. The van der Waals surface area contributed by atoms with Crippen LogP contribution in [0.4, 0.5) is 0 Å². The van der Waals surface area contributed by atoms with Crippen LogP contribution in [-0.2, 0) is 4.74 Å². The van der Waals surface area contributed by atoms with Crippen molar-refractivity contribution in [1.29, 1.82) is 0 Å². The largest absolute Gasteiger partial charge is 0.496 e. The Hall–Kier alpha value is -3.67. The molecule has 0 radical (unpaired) electrons. The fourth-order valence-corrected chi connectivity index (χ4v) is 2.61. The number of methoxy groups -OCH3 is 2. The third kappa shape index (κ3) is 4.12. The van der Waals surface area contributed by atoms with Crippen molar-refractivity contribution >= 4 is 28.9 Å². The summed E-state index contributed by atoms with van der Waals surface area (Å²) >= 11 is 0. The van der Waals surface area contributed by atoms with E-state index in [0.29, 0.717) is 16.9 Å². The topological polar surface area (TPSA) is 77.0 Å². The van der Waals surface area contributed by atoms with E-state index in [1.54, 1.807) is 30.3 Å². The monoisotopic (exact) mass is 362 g/mol. The van der Waals surface area contributed by atoms with Crippen molar-refractivity contribution in [1.82, 2.24) is 5.43 Å². The molecule has 0 atom stereocenters. The van der Waals surface area contributed by atoms with Gasteiger partial charge in [0, 0.05) is 0 Å².